The number of hydrogen-bond donors (Lipinski definition) is 1. The zero-order valence-electron chi connectivity index (χ0n) is 13.0. The highest BCUT2D eigenvalue weighted by Crippen LogP contribution is 2.17. The molecule has 1 aliphatic rings. The quantitative estimate of drug-likeness (QED) is 0.874. The minimum Gasteiger partial charge on any atom is -0.349 e. The van der Waals surface area contributed by atoms with E-state index in [1.54, 1.807) is 0 Å². The van der Waals surface area contributed by atoms with Gasteiger partial charge in [-0.2, -0.15) is 0 Å². The molecule has 0 radical (unpaired) electrons. The fourth-order valence-electron chi connectivity index (χ4n) is 2.82. The van der Waals surface area contributed by atoms with E-state index in [0.29, 0.717) is 6.04 Å². The summed E-state index contributed by atoms with van der Waals surface area (Å²) in [5.41, 5.74) is 1.85. The Morgan fingerprint density at radius 3 is 2.67 bits per heavy atom. The molecule has 1 fully saturated rings. The minimum absolute atomic E-state index is 0.0476. The molecule has 4 heteroatoms. The lowest BCUT2D eigenvalue weighted by atomic mass is 10.0. The molecule has 0 spiro atoms. The molecular weight excluding hydrogens is 328 g/mol. The van der Waals surface area contributed by atoms with Gasteiger partial charge >= 0.3 is 0 Å². The SMILES string of the molecule is CCCCN1CCC(NC(=O)c2cc(C)cc(Br)c2)CC1. The van der Waals surface area contributed by atoms with Crippen LogP contribution in [0.2, 0.25) is 0 Å². The van der Waals surface area contributed by atoms with Gasteiger partial charge in [-0.3, -0.25) is 4.79 Å². The highest BCUT2D eigenvalue weighted by atomic mass is 79.9. The molecule has 0 aliphatic carbocycles. The van der Waals surface area contributed by atoms with E-state index in [1.165, 1.54) is 19.4 Å². The van der Waals surface area contributed by atoms with Crippen molar-refractivity contribution >= 4 is 21.8 Å². The number of hydrogen-bond acceptors (Lipinski definition) is 2. The lowest BCUT2D eigenvalue weighted by Crippen LogP contribution is -2.44. The largest absolute Gasteiger partial charge is 0.349 e. The van der Waals surface area contributed by atoms with Gasteiger partial charge in [0, 0.05) is 29.2 Å². The van der Waals surface area contributed by atoms with Gasteiger partial charge < -0.3 is 10.2 Å². The number of halogens is 1. The summed E-state index contributed by atoms with van der Waals surface area (Å²) < 4.78 is 0.960. The Balaban J connectivity index is 1.84. The number of piperidine rings is 1. The number of rotatable bonds is 5. The van der Waals surface area contributed by atoms with E-state index in [4.69, 9.17) is 0 Å². The van der Waals surface area contributed by atoms with Crippen molar-refractivity contribution in [3.8, 4) is 0 Å². The van der Waals surface area contributed by atoms with Crippen molar-refractivity contribution in [2.24, 2.45) is 0 Å². The summed E-state index contributed by atoms with van der Waals surface area (Å²) in [5.74, 6) is 0.0476. The smallest absolute Gasteiger partial charge is 0.251 e. The van der Waals surface area contributed by atoms with Crippen molar-refractivity contribution in [2.45, 2.75) is 45.6 Å². The van der Waals surface area contributed by atoms with Crippen LogP contribution in [-0.4, -0.2) is 36.5 Å². The maximum atomic E-state index is 12.3. The standard InChI is InChI=1S/C17H25BrN2O/c1-3-4-7-20-8-5-16(6-9-20)19-17(21)14-10-13(2)11-15(18)12-14/h10-12,16H,3-9H2,1-2H3,(H,19,21). The third kappa shape index (κ3) is 5.11. The van der Waals surface area contributed by atoms with Crippen LogP contribution < -0.4 is 5.32 Å². The highest BCUT2D eigenvalue weighted by molar-refractivity contribution is 9.10. The van der Waals surface area contributed by atoms with E-state index in [-0.39, 0.29) is 5.91 Å². The molecule has 116 valence electrons. The molecule has 1 amide bonds. The lowest BCUT2D eigenvalue weighted by Gasteiger charge is -2.32. The van der Waals surface area contributed by atoms with Crippen LogP contribution in [0.25, 0.3) is 0 Å². The van der Waals surface area contributed by atoms with Crippen LogP contribution in [0.5, 0.6) is 0 Å². The van der Waals surface area contributed by atoms with Gasteiger partial charge in [-0.1, -0.05) is 29.3 Å². The van der Waals surface area contributed by atoms with Crippen molar-refractivity contribution in [1.82, 2.24) is 10.2 Å². The van der Waals surface area contributed by atoms with Gasteiger partial charge in [0.15, 0.2) is 0 Å². The predicted octanol–water partition coefficient (Wildman–Crippen LogP) is 3.75. The Kier molecular flexibility index (Phi) is 6.24. The Morgan fingerprint density at radius 2 is 2.05 bits per heavy atom. The monoisotopic (exact) mass is 352 g/mol. The molecule has 1 aromatic carbocycles. The van der Waals surface area contributed by atoms with Crippen LogP contribution in [0.4, 0.5) is 0 Å². The average molecular weight is 353 g/mol. The van der Waals surface area contributed by atoms with Crippen molar-refractivity contribution in [2.75, 3.05) is 19.6 Å². The van der Waals surface area contributed by atoms with Gasteiger partial charge in [0.2, 0.25) is 0 Å². The first-order valence-corrected chi connectivity index (χ1v) is 8.68. The van der Waals surface area contributed by atoms with Gasteiger partial charge in [-0.05, 0) is 56.5 Å². The number of aryl methyl sites for hydroxylation is 1. The first-order valence-electron chi connectivity index (χ1n) is 7.89. The Morgan fingerprint density at radius 1 is 1.33 bits per heavy atom. The Hall–Kier alpha value is -0.870. The van der Waals surface area contributed by atoms with Crippen molar-refractivity contribution in [1.29, 1.82) is 0 Å². The molecule has 3 nitrogen and oxygen atoms in total. The number of likely N-dealkylation sites (tertiary alicyclic amines) is 1. The average Bonchev–Trinajstić information content (AvgIpc) is 2.45. The van der Waals surface area contributed by atoms with E-state index in [0.717, 1.165) is 41.5 Å². The topological polar surface area (TPSA) is 32.3 Å². The summed E-state index contributed by atoms with van der Waals surface area (Å²) >= 11 is 3.45. The fraction of sp³-hybridized carbons (Fsp3) is 0.588. The molecular formula is C17H25BrN2O. The first-order chi connectivity index (χ1) is 10.1. The van der Waals surface area contributed by atoms with Crippen LogP contribution in [0, 0.1) is 6.92 Å². The predicted molar refractivity (Wildman–Crippen MR) is 90.7 cm³/mol. The minimum atomic E-state index is 0.0476. The second-order valence-corrected chi connectivity index (χ2v) is 6.88. The van der Waals surface area contributed by atoms with E-state index in [9.17, 15) is 4.79 Å². The van der Waals surface area contributed by atoms with Crippen molar-refractivity contribution < 1.29 is 4.79 Å². The van der Waals surface area contributed by atoms with E-state index >= 15 is 0 Å². The number of carbonyl (C=O) groups excluding carboxylic acids is 1. The van der Waals surface area contributed by atoms with Crippen molar-refractivity contribution in [3.63, 3.8) is 0 Å². The third-order valence-electron chi connectivity index (χ3n) is 4.06. The summed E-state index contributed by atoms with van der Waals surface area (Å²) in [6.45, 7) is 7.63. The van der Waals surface area contributed by atoms with Gasteiger partial charge in [-0.25, -0.2) is 0 Å². The molecule has 2 rings (SSSR count). The second kappa shape index (κ2) is 7.95. The van der Waals surface area contributed by atoms with Gasteiger partial charge in [-0.15, -0.1) is 0 Å². The number of unbranched alkanes of at least 4 members (excludes halogenated alkanes) is 1. The first kappa shape index (κ1) is 16.5. The van der Waals surface area contributed by atoms with Crippen molar-refractivity contribution in [3.05, 3.63) is 33.8 Å². The molecule has 1 N–H and O–H groups in total. The summed E-state index contributed by atoms with van der Waals surface area (Å²) in [4.78, 5) is 14.8. The van der Waals surface area contributed by atoms with Crippen LogP contribution in [-0.2, 0) is 0 Å². The summed E-state index contributed by atoms with van der Waals surface area (Å²) in [7, 11) is 0. The Bertz CT molecular complexity index is 461. The number of carbonyl (C=O) groups is 1. The third-order valence-corrected chi connectivity index (χ3v) is 4.51. The van der Waals surface area contributed by atoms with Gasteiger partial charge in [0.05, 0.1) is 0 Å². The van der Waals surface area contributed by atoms with E-state index in [1.807, 2.05) is 25.1 Å². The molecule has 1 saturated heterocycles. The fourth-order valence-corrected chi connectivity index (χ4v) is 3.43. The summed E-state index contributed by atoms with van der Waals surface area (Å²) in [5, 5.41) is 3.18. The highest BCUT2D eigenvalue weighted by Gasteiger charge is 2.20. The number of amides is 1. The zero-order chi connectivity index (χ0) is 15.2. The molecule has 0 bridgehead atoms. The second-order valence-electron chi connectivity index (χ2n) is 5.96. The molecule has 1 heterocycles. The number of benzene rings is 1. The molecule has 1 aliphatic heterocycles. The zero-order valence-corrected chi connectivity index (χ0v) is 14.6. The molecule has 0 unspecified atom stereocenters. The molecule has 0 saturated carbocycles. The van der Waals surface area contributed by atoms with Crippen LogP contribution in [0.1, 0.15) is 48.5 Å². The van der Waals surface area contributed by atoms with Crippen LogP contribution in [0.15, 0.2) is 22.7 Å². The molecule has 0 atom stereocenters. The maximum Gasteiger partial charge on any atom is 0.251 e. The van der Waals surface area contributed by atoms with E-state index < -0.39 is 0 Å². The molecule has 1 aromatic rings. The van der Waals surface area contributed by atoms with Gasteiger partial charge in [0.1, 0.15) is 0 Å². The summed E-state index contributed by atoms with van der Waals surface area (Å²) in [6.07, 6.45) is 4.64. The van der Waals surface area contributed by atoms with E-state index in [2.05, 4.69) is 33.1 Å². The van der Waals surface area contributed by atoms with Crippen LogP contribution in [0.3, 0.4) is 0 Å². The molecule has 0 aromatic heterocycles. The summed E-state index contributed by atoms with van der Waals surface area (Å²) in [6, 6.07) is 6.16. The lowest BCUT2D eigenvalue weighted by molar-refractivity contribution is 0.0910. The maximum absolute atomic E-state index is 12.3. The van der Waals surface area contributed by atoms with Gasteiger partial charge in [0.25, 0.3) is 5.91 Å². The number of nitrogens with zero attached hydrogens (tertiary/aromatic N) is 1. The molecule has 21 heavy (non-hydrogen) atoms. The normalized spacial score (nSPS) is 16.9. The Labute approximate surface area is 136 Å². The van der Waals surface area contributed by atoms with Crippen LogP contribution >= 0.6 is 15.9 Å². The number of nitrogens with one attached hydrogen (secondary N) is 1.